The molecule has 0 spiro atoms. The number of nitrogens with zero attached hydrogens (tertiary/aromatic N) is 4. The van der Waals surface area contributed by atoms with Crippen molar-refractivity contribution in [3.8, 4) is 11.5 Å². The Morgan fingerprint density at radius 1 is 1.06 bits per heavy atom. The molecule has 4 heterocycles. The van der Waals surface area contributed by atoms with Gasteiger partial charge in [-0.25, -0.2) is 9.97 Å². The van der Waals surface area contributed by atoms with E-state index in [2.05, 4.69) is 26.9 Å². The molecule has 1 aliphatic carbocycles. The van der Waals surface area contributed by atoms with Crippen LogP contribution in [0.1, 0.15) is 50.6 Å². The second-order valence-electron chi connectivity index (χ2n) is 9.77. The van der Waals surface area contributed by atoms with Crippen LogP contribution in [0.5, 0.6) is 0 Å². The summed E-state index contributed by atoms with van der Waals surface area (Å²) in [7, 11) is 2.23. The summed E-state index contributed by atoms with van der Waals surface area (Å²) < 4.78 is 5.36. The zero-order valence-corrected chi connectivity index (χ0v) is 18.9. The molecule has 0 N–H and O–H groups in total. The summed E-state index contributed by atoms with van der Waals surface area (Å²) in [4.78, 5) is 28.6. The third-order valence-corrected chi connectivity index (χ3v) is 7.48. The number of pyridine rings is 2. The normalized spacial score (nSPS) is 22.9. The number of oxazole rings is 1. The Kier molecular flexibility index (Phi) is 6.30. The van der Waals surface area contributed by atoms with Gasteiger partial charge in [-0.1, -0.05) is 0 Å². The Bertz CT molecular complexity index is 1050. The first-order valence-corrected chi connectivity index (χ1v) is 12.0. The fourth-order valence-corrected chi connectivity index (χ4v) is 5.45. The molecule has 1 saturated carbocycles. The van der Waals surface area contributed by atoms with E-state index in [1.165, 1.54) is 51.6 Å². The van der Waals surface area contributed by atoms with Gasteiger partial charge < -0.3 is 9.32 Å². The van der Waals surface area contributed by atoms with E-state index in [9.17, 15) is 4.79 Å². The van der Waals surface area contributed by atoms with Crippen LogP contribution in [0.15, 0.2) is 41.4 Å². The number of aromatic nitrogens is 3. The SMILES string of the molecule is CN1CCC(CC2CCC(C(=O)Cc3cc4nc(-c5cnco5)ccc4cn3)CC2)CC1. The van der Waals surface area contributed by atoms with E-state index in [-0.39, 0.29) is 5.92 Å². The van der Waals surface area contributed by atoms with Gasteiger partial charge in [-0.3, -0.25) is 9.78 Å². The summed E-state index contributed by atoms with van der Waals surface area (Å²) in [5.41, 5.74) is 2.37. The Morgan fingerprint density at radius 2 is 1.84 bits per heavy atom. The zero-order chi connectivity index (χ0) is 21.9. The molecule has 0 radical (unpaired) electrons. The molecule has 1 aliphatic heterocycles. The van der Waals surface area contributed by atoms with Crippen molar-refractivity contribution >= 4 is 16.7 Å². The van der Waals surface area contributed by atoms with Gasteiger partial charge >= 0.3 is 0 Å². The van der Waals surface area contributed by atoms with Gasteiger partial charge in [0.05, 0.1) is 11.7 Å². The number of ketones is 1. The molecule has 32 heavy (non-hydrogen) atoms. The van der Waals surface area contributed by atoms with Crippen LogP contribution in [-0.4, -0.2) is 45.8 Å². The van der Waals surface area contributed by atoms with Crippen molar-refractivity contribution in [2.45, 2.75) is 51.4 Å². The largest absolute Gasteiger partial charge is 0.442 e. The summed E-state index contributed by atoms with van der Waals surface area (Å²) in [6.07, 6.45) is 13.8. The molecule has 1 saturated heterocycles. The van der Waals surface area contributed by atoms with Crippen LogP contribution in [0.4, 0.5) is 0 Å². The van der Waals surface area contributed by atoms with E-state index in [1.54, 1.807) is 6.20 Å². The lowest BCUT2D eigenvalue weighted by Gasteiger charge is -2.34. The van der Waals surface area contributed by atoms with Crippen molar-refractivity contribution < 1.29 is 9.21 Å². The molecule has 0 atom stereocenters. The molecular weight excluding hydrogens is 400 g/mol. The van der Waals surface area contributed by atoms with Crippen LogP contribution in [-0.2, 0) is 11.2 Å². The molecule has 2 fully saturated rings. The smallest absolute Gasteiger partial charge is 0.181 e. The van der Waals surface area contributed by atoms with Gasteiger partial charge in [0.25, 0.3) is 0 Å². The summed E-state index contributed by atoms with van der Waals surface area (Å²) in [5, 5.41) is 0.957. The summed E-state index contributed by atoms with van der Waals surface area (Å²) in [6.45, 7) is 2.48. The summed E-state index contributed by atoms with van der Waals surface area (Å²) in [5.74, 6) is 2.86. The predicted octanol–water partition coefficient (Wildman–Crippen LogP) is 4.93. The number of carbonyl (C=O) groups excluding carboxylic acids is 1. The molecule has 5 rings (SSSR count). The van der Waals surface area contributed by atoms with Gasteiger partial charge in [0.1, 0.15) is 11.5 Å². The van der Waals surface area contributed by atoms with E-state index >= 15 is 0 Å². The molecular formula is C26H32N4O2. The van der Waals surface area contributed by atoms with Crippen LogP contribution in [0.25, 0.3) is 22.4 Å². The minimum atomic E-state index is 0.190. The Hall–Kier alpha value is -2.60. The minimum Gasteiger partial charge on any atom is -0.442 e. The lowest BCUT2D eigenvalue weighted by Crippen LogP contribution is -2.32. The fourth-order valence-electron chi connectivity index (χ4n) is 5.45. The molecule has 6 nitrogen and oxygen atoms in total. The Labute approximate surface area is 189 Å². The quantitative estimate of drug-likeness (QED) is 0.550. The van der Waals surface area contributed by atoms with Crippen molar-refractivity contribution in [3.63, 3.8) is 0 Å². The van der Waals surface area contributed by atoms with Crippen molar-refractivity contribution in [3.05, 3.63) is 42.7 Å². The lowest BCUT2D eigenvalue weighted by molar-refractivity contribution is -0.123. The van der Waals surface area contributed by atoms with Crippen LogP contribution in [0.2, 0.25) is 0 Å². The van der Waals surface area contributed by atoms with Crippen LogP contribution < -0.4 is 0 Å². The zero-order valence-electron chi connectivity index (χ0n) is 18.9. The molecule has 168 valence electrons. The second-order valence-corrected chi connectivity index (χ2v) is 9.77. The van der Waals surface area contributed by atoms with E-state index in [0.29, 0.717) is 18.0 Å². The first-order chi connectivity index (χ1) is 15.6. The highest BCUT2D eigenvalue weighted by Gasteiger charge is 2.28. The predicted molar refractivity (Wildman–Crippen MR) is 124 cm³/mol. The first-order valence-electron chi connectivity index (χ1n) is 12.0. The number of hydrogen-bond donors (Lipinski definition) is 0. The standard InChI is InChI=1S/C26H32N4O2/c1-30-10-8-19(9-11-30)12-18-2-4-20(5-3-18)25(31)14-22-13-24-21(15-28-22)6-7-23(29-24)26-16-27-17-32-26/h6-7,13,15-20H,2-5,8-12,14H2,1H3. The third-order valence-electron chi connectivity index (χ3n) is 7.48. The van der Waals surface area contributed by atoms with Gasteiger partial charge in [0.15, 0.2) is 12.2 Å². The Morgan fingerprint density at radius 3 is 2.59 bits per heavy atom. The van der Waals surface area contributed by atoms with Crippen LogP contribution in [0.3, 0.4) is 0 Å². The maximum atomic E-state index is 13.0. The van der Waals surface area contributed by atoms with Gasteiger partial charge in [-0.2, -0.15) is 0 Å². The monoisotopic (exact) mass is 432 g/mol. The molecule has 0 aromatic carbocycles. The second kappa shape index (κ2) is 9.49. The molecule has 2 aliphatic rings. The van der Waals surface area contributed by atoms with Crippen molar-refractivity contribution in [2.75, 3.05) is 20.1 Å². The maximum Gasteiger partial charge on any atom is 0.181 e. The Balaban J connectivity index is 1.17. The highest BCUT2D eigenvalue weighted by molar-refractivity contribution is 5.85. The number of likely N-dealkylation sites (tertiary alicyclic amines) is 1. The number of rotatable bonds is 6. The lowest BCUT2D eigenvalue weighted by atomic mass is 9.75. The third kappa shape index (κ3) is 4.90. The molecule has 0 unspecified atom stereocenters. The first kappa shape index (κ1) is 21.3. The van der Waals surface area contributed by atoms with E-state index < -0.39 is 0 Å². The summed E-state index contributed by atoms with van der Waals surface area (Å²) in [6, 6.07) is 5.82. The van der Waals surface area contributed by atoms with Crippen LogP contribution >= 0.6 is 0 Å². The van der Waals surface area contributed by atoms with E-state index in [1.807, 2.05) is 24.4 Å². The fraction of sp³-hybridized carbons (Fsp3) is 0.538. The highest BCUT2D eigenvalue weighted by Crippen LogP contribution is 2.36. The number of fused-ring (bicyclic) bond motifs is 1. The van der Waals surface area contributed by atoms with Crippen molar-refractivity contribution in [1.82, 2.24) is 19.9 Å². The molecule has 0 amide bonds. The van der Waals surface area contributed by atoms with E-state index in [0.717, 1.165) is 47.0 Å². The van der Waals surface area contributed by atoms with E-state index in [4.69, 9.17) is 4.42 Å². The van der Waals surface area contributed by atoms with Crippen molar-refractivity contribution in [1.29, 1.82) is 0 Å². The highest BCUT2D eigenvalue weighted by atomic mass is 16.3. The topological polar surface area (TPSA) is 72.1 Å². The minimum absolute atomic E-state index is 0.190. The van der Waals surface area contributed by atoms with Gasteiger partial charge in [-0.05, 0) is 95.1 Å². The van der Waals surface area contributed by atoms with Crippen LogP contribution in [0, 0.1) is 17.8 Å². The average Bonchev–Trinajstić information content (AvgIpc) is 3.36. The van der Waals surface area contributed by atoms with Gasteiger partial charge in [-0.15, -0.1) is 0 Å². The average molecular weight is 433 g/mol. The van der Waals surface area contributed by atoms with Gasteiger partial charge in [0.2, 0.25) is 0 Å². The molecule has 3 aromatic heterocycles. The molecule has 3 aromatic rings. The number of Topliss-reactive ketones (excluding diaryl/α,β-unsaturated/α-hetero) is 1. The maximum absolute atomic E-state index is 13.0. The molecule has 0 bridgehead atoms. The van der Waals surface area contributed by atoms with Crippen molar-refractivity contribution in [2.24, 2.45) is 17.8 Å². The number of hydrogen-bond acceptors (Lipinski definition) is 6. The number of piperidine rings is 1. The number of carbonyl (C=O) groups is 1. The summed E-state index contributed by atoms with van der Waals surface area (Å²) >= 11 is 0. The molecule has 6 heteroatoms. The van der Waals surface area contributed by atoms with Gasteiger partial charge in [0, 0.05) is 29.6 Å².